The van der Waals surface area contributed by atoms with Crippen LogP contribution in [0.2, 0.25) is 0 Å². The van der Waals surface area contributed by atoms with Gasteiger partial charge in [0, 0.05) is 0 Å². The van der Waals surface area contributed by atoms with E-state index in [4.69, 9.17) is 17.2 Å². The second-order valence-corrected chi connectivity index (χ2v) is 2.27. The fourth-order valence-corrected chi connectivity index (χ4v) is 0.423. The maximum Gasteiger partial charge on any atom is 0.326 e. The molecule has 0 fully saturated rings. The maximum atomic E-state index is 12.2. The number of nitrogens with two attached hydrogens (primary N) is 3. The van der Waals surface area contributed by atoms with E-state index in [0.717, 1.165) is 0 Å². The molecule has 0 aromatic carbocycles. The number of nitrogens with zero attached hydrogens (tertiary/aromatic N) is 2. The molecule has 0 saturated heterocycles. The van der Waals surface area contributed by atoms with Gasteiger partial charge in [0.2, 0.25) is 5.96 Å². The summed E-state index contributed by atoms with van der Waals surface area (Å²) in [5.41, 5.74) is 14.6. The van der Waals surface area contributed by atoms with Gasteiger partial charge < -0.3 is 17.2 Å². The van der Waals surface area contributed by atoms with E-state index in [9.17, 15) is 17.6 Å². The molecule has 0 amide bonds. The second kappa shape index (κ2) is 4.63. The number of alkyl halides is 4. The topological polar surface area (TPSA) is 103 Å². The number of aliphatic imine (C=N–C) groups is 2. The molecule has 0 aromatic rings. The summed E-state index contributed by atoms with van der Waals surface area (Å²) in [5, 5.41) is 0. The lowest BCUT2D eigenvalue weighted by Crippen LogP contribution is -2.32. The second-order valence-electron chi connectivity index (χ2n) is 2.27. The molecule has 0 aliphatic heterocycles. The van der Waals surface area contributed by atoms with Gasteiger partial charge in [-0.2, -0.15) is 13.8 Å². The Bertz CT molecular complexity index is 245. The summed E-state index contributed by atoms with van der Waals surface area (Å²) < 4.78 is 47.6. The Morgan fingerprint density at radius 3 is 2.07 bits per heavy atom. The zero-order valence-corrected chi connectivity index (χ0v) is 6.92. The van der Waals surface area contributed by atoms with Crippen LogP contribution < -0.4 is 17.2 Å². The molecule has 0 unspecified atom stereocenters. The lowest BCUT2D eigenvalue weighted by atomic mass is 10.3. The molecule has 0 aliphatic carbocycles. The van der Waals surface area contributed by atoms with Crippen molar-refractivity contribution >= 4 is 11.9 Å². The smallest absolute Gasteiger partial charge is 0.326 e. The molecule has 0 rings (SSSR count). The fourth-order valence-electron chi connectivity index (χ4n) is 0.423. The van der Waals surface area contributed by atoms with Gasteiger partial charge in [0.15, 0.2) is 5.96 Å². The molecule has 82 valence electrons. The fraction of sp³-hybridized carbons (Fsp3) is 0.600. The van der Waals surface area contributed by atoms with Gasteiger partial charge in [0.05, 0.1) is 0 Å². The Balaban J connectivity index is 4.36. The van der Waals surface area contributed by atoms with E-state index in [1.54, 1.807) is 0 Å². The van der Waals surface area contributed by atoms with Crippen molar-refractivity contribution in [2.75, 3.05) is 6.54 Å². The molecule has 0 heterocycles. The number of rotatable bonds is 3. The van der Waals surface area contributed by atoms with Gasteiger partial charge in [-0.25, -0.2) is 13.8 Å². The largest absolute Gasteiger partial charge is 0.370 e. The minimum atomic E-state index is -4.23. The average Bonchev–Trinajstić information content (AvgIpc) is 1.99. The first-order valence-electron chi connectivity index (χ1n) is 3.31. The minimum Gasteiger partial charge on any atom is -0.370 e. The highest BCUT2D eigenvalue weighted by molar-refractivity contribution is 5.92. The van der Waals surface area contributed by atoms with E-state index < -0.39 is 30.8 Å². The Labute approximate surface area is 76.7 Å². The van der Waals surface area contributed by atoms with Crippen molar-refractivity contribution in [2.45, 2.75) is 12.3 Å². The van der Waals surface area contributed by atoms with E-state index in [-0.39, 0.29) is 0 Å². The van der Waals surface area contributed by atoms with Crippen LogP contribution in [-0.4, -0.2) is 30.8 Å². The van der Waals surface area contributed by atoms with Crippen molar-refractivity contribution < 1.29 is 17.6 Å². The third kappa shape index (κ3) is 4.48. The van der Waals surface area contributed by atoms with Gasteiger partial charge in [-0.05, 0) is 0 Å². The van der Waals surface area contributed by atoms with Crippen LogP contribution in [0.25, 0.3) is 0 Å². The predicted octanol–water partition coefficient (Wildman–Crippen LogP) is -0.525. The van der Waals surface area contributed by atoms with Crippen molar-refractivity contribution in [1.29, 1.82) is 0 Å². The van der Waals surface area contributed by atoms with Gasteiger partial charge in [-0.15, -0.1) is 0 Å². The van der Waals surface area contributed by atoms with Crippen molar-refractivity contribution in [3.8, 4) is 0 Å². The number of halogens is 4. The maximum absolute atomic E-state index is 12.2. The molecule has 6 N–H and O–H groups in total. The zero-order valence-electron chi connectivity index (χ0n) is 6.92. The molecule has 14 heavy (non-hydrogen) atoms. The molecule has 0 spiro atoms. The van der Waals surface area contributed by atoms with Gasteiger partial charge in [-0.1, -0.05) is 0 Å². The summed E-state index contributed by atoms with van der Waals surface area (Å²) >= 11 is 0. The Morgan fingerprint density at radius 2 is 1.71 bits per heavy atom. The van der Waals surface area contributed by atoms with E-state index >= 15 is 0 Å². The molecular weight excluding hydrogens is 206 g/mol. The first-order chi connectivity index (χ1) is 6.25. The predicted molar refractivity (Wildman–Crippen MR) is 43.3 cm³/mol. The highest BCUT2D eigenvalue weighted by Crippen LogP contribution is 2.22. The van der Waals surface area contributed by atoms with E-state index in [1.165, 1.54) is 0 Å². The Morgan fingerprint density at radius 1 is 1.21 bits per heavy atom. The summed E-state index contributed by atoms with van der Waals surface area (Å²) in [6, 6.07) is 0. The lowest BCUT2D eigenvalue weighted by molar-refractivity contribution is -0.119. The summed E-state index contributed by atoms with van der Waals surface area (Å²) in [4.78, 5) is 5.94. The molecule has 0 bridgehead atoms. The van der Waals surface area contributed by atoms with Crippen molar-refractivity contribution in [3.05, 3.63) is 0 Å². The molecule has 5 nitrogen and oxygen atoms in total. The van der Waals surface area contributed by atoms with Gasteiger partial charge in [0.1, 0.15) is 6.54 Å². The van der Waals surface area contributed by atoms with Crippen LogP contribution in [0.15, 0.2) is 9.98 Å². The number of guanidine groups is 2. The standard InChI is InChI=1S/C5H9F4N5/c6-2(7)5(8,9)1-13-4(12)14-3(10)11/h2H,1H2,(H6,10,11,12,13,14). The van der Waals surface area contributed by atoms with Crippen molar-refractivity contribution in [1.82, 2.24) is 0 Å². The van der Waals surface area contributed by atoms with Crippen molar-refractivity contribution in [2.24, 2.45) is 27.2 Å². The van der Waals surface area contributed by atoms with E-state index in [0.29, 0.717) is 0 Å². The Kier molecular flexibility index (Phi) is 4.12. The van der Waals surface area contributed by atoms with Gasteiger partial charge in [-0.3, -0.25) is 0 Å². The third-order valence-electron chi connectivity index (χ3n) is 1.01. The minimum absolute atomic E-state index is 0.494. The summed E-state index contributed by atoms with van der Waals surface area (Å²) in [6.07, 6.45) is -3.81. The van der Waals surface area contributed by atoms with Crippen LogP contribution in [0, 0.1) is 0 Å². The summed E-state index contributed by atoms with van der Waals surface area (Å²) in [5.74, 6) is -5.40. The van der Waals surface area contributed by atoms with Gasteiger partial charge >= 0.3 is 12.3 Å². The highest BCUT2D eigenvalue weighted by Gasteiger charge is 2.40. The van der Waals surface area contributed by atoms with Crippen molar-refractivity contribution in [3.63, 3.8) is 0 Å². The molecule has 9 heteroatoms. The first kappa shape index (κ1) is 12.5. The van der Waals surface area contributed by atoms with Crippen LogP contribution >= 0.6 is 0 Å². The van der Waals surface area contributed by atoms with Gasteiger partial charge in [0.25, 0.3) is 0 Å². The molecule has 0 atom stereocenters. The monoisotopic (exact) mass is 215 g/mol. The van der Waals surface area contributed by atoms with E-state index in [2.05, 4.69) is 9.98 Å². The van der Waals surface area contributed by atoms with E-state index in [1.807, 2.05) is 0 Å². The summed E-state index contributed by atoms with van der Waals surface area (Å²) in [6.45, 7) is -1.46. The average molecular weight is 215 g/mol. The molecule has 0 aromatic heterocycles. The van der Waals surface area contributed by atoms with Crippen LogP contribution in [0.1, 0.15) is 0 Å². The molecule has 0 radical (unpaired) electrons. The Hall–Kier alpha value is -1.54. The zero-order chi connectivity index (χ0) is 11.4. The van der Waals surface area contributed by atoms with Crippen LogP contribution in [0.5, 0.6) is 0 Å². The quantitative estimate of drug-likeness (QED) is 0.335. The highest BCUT2D eigenvalue weighted by atomic mass is 19.3. The SMILES string of the molecule is NC(N)=NC(N)=NCC(F)(F)C(F)F. The van der Waals surface area contributed by atoms with Crippen LogP contribution in [0.4, 0.5) is 17.6 Å². The lowest BCUT2D eigenvalue weighted by Gasteiger charge is -2.11. The molecule has 0 aliphatic rings. The van der Waals surface area contributed by atoms with Crippen LogP contribution in [0.3, 0.4) is 0 Å². The summed E-state index contributed by atoms with van der Waals surface area (Å²) in [7, 11) is 0. The normalized spacial score (nSPS) is 13.1. The van der Waals surface area contributed by atoms with Crippen LogP contribution in [-0.2, 0) is 0 Å². The molecule has 0 saturated carbocycles. The molecular formula is C5H9F4N5. The first-order valence-corrected chi connectivity index (χ1v) is 3.31. The number of hydrogen-bond donors (Lipinski definition) is 3. The number of hydrogen-bond acceptors (Lipinski definition) is 1. The third-order valence-corrected chi connectivity index (χ3v) is 1.01.